The predicted octanol–water partition coefficient (Wildman–Crippen LogP) is 3.37. The lowest BCUT2D eigenvalue weighted by Gasteiger charge is -2.21. The van der Waals surface area contributed by atoms with Crippen LogP contribution in [0, 0.1) is 23.0 Å². The van der Waals surface area contributed by atoms with Crippen LogP contribution in [0.25, 0.3) is 0 Å². The summed E-state index contributed by atoms with van der Waals surface area (Å²) in [5.74, 6) is -4.15. The second kappa shape index (κ2) is 7.38. The molecule has 2 rings (SSSR count). The lowest BCUT2D eigenvalue weighted by molar-refractivity contribution is 0.0761. The first-order chi connectivity index (χ1) is 11.5. The van der Waals surface area contributed by atoms with Gasteiger partial charge in [-0.3, -0.25) is 4.79 Å². The number of hydrogen-bond acceptors (Lipinski definition) is 3. The summed E-state index contributed by atoms with van der Waals surface area (Å²) in [6.07, 6.45) is 1.49. The Morgan fingerprint density at radius 1 is 1.29 bits per heavy atom. The summed E-state index contributed by atoms with van der Waals surface area (Å²) >= 11 is 0. The normalized spacial score (nSPS) is 10.0. The average molecular weight is 328 g/mol. The highest BCUT2D eigenvalue weighted by molar-refractivity contribution is 5.94. The molecule has 4 nitrogen and oxygen atoms in total. The number of nitriles is 1. The minimum absolute atomic E-state index is 0.143. The van der Waals surface area contributed by atoms with Crippen LogP contribution in [-0.4, -0.2) is 22.5 Å². The van der Waals surface area contributed by atoms with E-state index in [-0.39, 0.29) is 18.7 Å². The topological polar surface area (TPSA) is 64.3 Å². The fraction of sp³-hybridized carbons (Fsp3) is 0.111. The number of rotatable bonds is 5. The first kappa shape index (κ1) is 17.2. The van der Waals surface area contributed by atoms with Crippen LogP contribution in [0.15, 0.2) is 49.1 Å². The summed E-state index contributed by atoms with van der Waals surface area (Å²) in [6.45, 7) is 3.86. The molecule has 0 fully saturated rings. The highest BCUT2D eigenvalue weighted by atomic mass is 19.1. The number of halogens is 2. The molecule has 0 saturated heterocycles. The number of hydrogen-bond donors (Lipinski definition) is 1. The molecular formula is C18H14F2N2O2. The van der Waals surface area contributed by atoms with E-state index in [1.165, 1.54) is 11.0 Å². The number of carbonyl (C=O) groups excluding carboxylic acids is 1. The Balaban J connectivity index is 2.31. The molecule has 24 heavy (non-hydrogen) atoms. The van der Waals surface area contributed by atoms with E-state index in [0.717, 1.165) is 12.1 Å². The van der Waals surface area contributed by atoms with Crippen molar-refractivity contribution >= 4 is 5.91 Å². The molecule has 6 heteroatoms. The lowest BCUT2D eigenvalue weighted by Crippen LogP contribution is -2.31. The molecule has 1 amide bonds. The van der Waals surface area contributed by atoms with Crippen LogP contribution in [0.1, 0.15) is 21.5 Å². The van der Waals surface area contributed by atoms with E-state index in [1.807, 2.05) is 6.07 Å². The van der Waals surface area contributed by atoms with Crippen molar-refractivity contribution < 1.29 is 18.7 Å². The van der Waals surface area contributed by atoms with Crippen molar-refractivity contribution in [3.63, 3.8) is 0 Å². The molecule has 0 radical (unpaired) electrons. The maximum Gasteiger partial charge on any atom is 0.254 e. The largest absolute Gasteiger partial charge is 0.503 e. The molecule has 2 aromatic rings. The number of carbonyl (C=O) groups is 1. The maximum absolute atomic E-state index is 13.5. The monoisotopic (exact) mass is 328 g/mol. The van der Waals surface area contributed by atoms with Gasteiger partial charge in [-0.2, -0.15) is 5.26 Å². The van der Waals surface area contributed by atoms with Crippen LogP contribution >= 0.6 is 0 Å². The zero-order chi connectivity index (χ0) is 17.7. The Morgan fingerprint density at radius 3 is 2.54 bits per heavy atom. The quantitative estimate of drug-likeness (QED) is 0.856. The van der Waals surface area contributed by atoms with E-state index in [9.17, 15) is 13.6 Å². The van der Waals surface area contributed by atoms with Crippen LogP contribution in [0.3, 0.4) is 0 Å². The third-order valence-corrected chi connectivity index (χ3v) is 3.33. The molecule has 0 saturated carbocycles. The molecule has 0 atom stereocenters. The molecule has 0 heterocycles. The summed E-state index contributed by atoms with van der Waals surface area (Å²) in [5.41, 5.74) is 0.922. The summed E-state index contributed by atoms with van der Waals surface area (Å²) in [6, 6.07) is 10.2. The average Bonchev–Trinajstić information content (AvgIpc) is 2.58. The smallest absolute Gasteiger partial charge is 0.254 e. The van der Waals surface area contributed by atoms with E-state index in [4.69, 9.17) is 10.4 Å². The van der Waals surface area contributed by atoms with Crippen LogP contribution in [0.2, 0.25) is 0 Å². The summed E-state index contributed by atoms with van der Waals surface area (Å²) in [5, 5.41) is 18.0. The molecule has 1 N–H and O–H groups in total. The van der Waals surface area contributed by atoms with E-state index in [1.54, 1.807) is 24.3 Å². The Bertz CT molecular complexity index is 805. The van der Waals surface area contributed by atoms with E-state index < -0.39 is 23.3 Å². The number of nitrogens with zero attached hydrogens (tertiary/aromatic N) is 2. The molecular weight excluding hydrogens is 314 g/mol. The zero-order valence-corrected chi connectivity index (χ0v) is 12.7. The van der Waals surface area contributed by atoms with Crippen LogP contribution in [0.4, 0.5) is 8.78 Å². The molecule has 0 spiro atoms. The van der Waals surface area contributed by atoms with Gasteiger partial charge in [-0.15, -0.1) is 6.58 Å². The lowest BCUT2D eigenvalue weighted by atomic mass is 10.1. The maximum atomic E-state index is 13.5. The van der Waals surface area contributed by atoms with Gasteiger partial charge in [-0.25, -0.2) is 8.78 Å². The minimum Gasteiger partial charge on any atom is -0.503 e. The fourth-order valence-corrected chi connectivity index (χ4v) is 2.21. The first-order valence-corrected chi connectivity index (χ1v) is 7.03. The standard InChI is InChI=1S/C18H14F2N2O2/c1-2-6-22(11-13-5-3-4-12(7-13)10-21)18(24)14-8-15(19)17(23)16(20)9-14/h2-5,7-9,23H,1,6,11H2. The molecule has 0 bridgehead atoms. The van der Waals surface area contributed by atoms with Gasteiger partial charge in [-0.1, -0.05) is 18.2 Å². The van der Waals surface area contributed by atoms with Crippen LogP contribution in [0.5, 0.6) is 5.75 Å². The fourth-order valence-electron chi connectivity index (χ4n) is 2.21. The van der Waals surface area contributed by atoms with Crippen molar-refractivity contribution in [3.8, 4) is 11.8 Å². The highest BCUT2D eigenvalue weighted by Crippen LogP contribution is 2.22. The van der Waals surface area contributed by atoms with Gasteiger partial charge >= 0.3 is 0 Å². The van der Waals surface area contributed by atoms with Crippen molar-refractivity contribution in [1.29, 1.82) is 5.26 Å². The van der Waals surface area contributed by atoms with Crippen LogP contribution < -0.4 is 0 Å². The predicted molar refractivity (Wildman–Crippen MR) is 84.1 cm³/mol. The van der Waals surface area contributed by atoms with Crippen molar-refractivity contribution in [2.45, 2.75) is 6.54 Å². The molecule has 0 aliphatic heterocycles. The molecule has 2 aromatic carbocycles. The third-order valence-electron chi connectivity index (χ3n) is 3.33. The van der Waals surface area contributed by atoms with Gasteiger partial charge in [0.15, 0.2) is 17.4 Å². The molecule has 0 unspecified atom stereocenters. The molecule has 122 valence electrons. The van der Waals surface area contributed by atoms with Crippen LogP contribution in [-0.2, 0) is 6.54 Å². The van der Waals surface area contributed by atoms with Gasteiger partial charge in [0.1, 0.15) is 0 Å². The summed E-state index contributed by atoms with van der Waals surface area (Å²) in [7, 11) is 0. The second-order valence-electron chi connectivity index (χ2n) is 5.08. The Kier molecular flexibility index (Phi) is 5.27. The van der Waals surface area contributed by atoms with E-state index >= 15 is 0 Å². The zero-order valence-electron chi connectivity index (χ0n) is 12.7. The number of benzene rings is 2. The molecule has 0 aliphatic rings. The van der Waals surface area contributed by atoms with Gasteiger partial charge in [0.05, 0.1) is 11.6 Å². The first-order valence-electron chi connectivity index (χ1n) is 7.03. The Hall–Kier alpha value is -3.20. The number of phenolic OH excluding ortho intramolecular Hbond substituents is 1. The summed E-state index contributed by atoms with van der Waals surface area (Å²) in [4.78, 5) is 13.8. The van der Waals surface area contributed by atoms with Crippen molar-refractivity contribution in [1.82, 2.24) is 4.90 Å². The van der Waals surface area contributed by atoms with Crippen molar-refractivity contribution in [3.05, 3.63) is 77.4 Å². The van der Waals surface area contributed by atoms with Gasteiger partial charge in [-0.05, 0) is 29.8 Å². The van der Waals surface area contributed by atoms with E-state index in [2.05, 4.69) is 6.58 Å². The number of phenols is 1. The van der Waals surface area contributed by atoms with E-state index in [0.29, 0.717) is 11.1 Å². The van der Waals surface area contributed by atoms with Crippen molar-refractivity contribution in [2.24, 2.45) is 0 Å². The third kappa shape index (κ3) is 3.76. The van der Waals surface area contributed by atoms with Gasteiger partial charge in [0.2, 0.25) is 0 Å². The SMILES string of the molecule is C=CCN(Cc1cccc(C#N)c1)C(=O)c1cc(F)c(O)c(F)c1. The summed E-state index contributed by atoms with van der Waals surface area (Å²) < 4.78 is 26.9. The minimum atomic E-state index is -1.21. The van der Waals surface area contributed by atoms with Gasteiger partial charge in [0.25, 0.3) is 5.91 Å². The number of amides is 1. The van der Waals surface area contributed by atoms with Crippen molar-refractivity contribution in [2.75, 3.05) is 6.54 Å². The molecule has 0 aliphatic carbocycles. The highest BCUT2D eigenvalue weighted by Gasteiger charge is 2.19. The van der Waals surface area contributed by atoms with Gasteiger partial charge < -0.3 is 10.0 Å². The molecule has 0 aromatic heterocycles. The number of aromatic hydroxyl groups is 1. The Morgan fingerprint density at radius 2 is 1.96 bits per heavy atom. The Labute approximate surface area is 137 Å². The second-order valence-corrected chi connectivity index (χ2v) is 5.08. The van der Waals surface area contributed by atoms with Gasteiger partial charge in [0, 0.05) is 18.7 Å².